The average Bonchev–Trinajstić information content (AvgIpc) is 2.98. The van der Waals surface area contributed by atoms with E-state index >= 15 is 0 Å². The van der Waals surface area contributed by atoms with Gasteiger partial charge in [-0.2, -0.15) is 5.10 Å². The van der Waals surface area contributed by atoms with Crippen LogP contribution < -0.4 is 5.56 Å². The van der Waals surface area contributed by atoms with E-state index in [1.807, 2.05) is 39.0 Å². The van der Waals surface area contributed by atoms with E-state index < -0.39 is 0 Å². The van der Waals surface area contributed by atoms with Gasteiger partial charge in [0.25, 0.3) is 5.56 Å². The lowest BCUT2D eigenvalue weighted by Gasteiger charge is -2.10. The van der Waals surface area contributed by atoms with Gasteiger partial charge in [-0.25, -0.2) is 9.67 Å². The van der Waals surface area contributed by atoms with E-state index in [2.05, 4.69) is 15.1 Å². The summed E-state index contributed by atoms with van der Waals surface area (Å²) in [6, 6.07) is 9.10. The molecule has 7 heteroatoms. The van der Waals surface area contributed by atoms with Crippen LogP contribution >= 0.6 is 11.6 Å². The molecule has 6 nitrogen and oxygen atoms in total. The summed E-state index contributed by atoms with van der Waals surface area (Å²) in [5, 5.41) is 14.3. The Morgan fingerprint density at radius 1 is 1.27 bits per heavy atom. The van der Waals surface area contributed by atoms with E-state index in [-0.39, 0.29) is 18.1 Å². The summed E-state index contributed by atoms with van der Waals surface area (Å²) in [6.45, 7) is 5.89. The van der Waals surface area contributed by atoms with Gasteiger partial charge in [-0.15, -0.1) is 0 Å². The van der Waals surface area contributed by atoms with Crippen molar-refractivity contribution in [2.24, 2.45) is 0 Å². The van der Waals surface area contributed by atoms with E-state index in [4.69, 9.17) is 11.6 Å². The zero-order valence-corrected chi connectivity index (χ0v) is 15.7. The van der Waals surface area contributed by atoms with Gasteiger partial charge in [-0.05, 0) is 48.7 Å². The molecule has 0 aliphatic heterocycles. The van der Waals surface area contributed by atoms with E-state index in [1.54, 1.807) is 16.8 Å². The molecule has 2 heterocycles. The zero-order chi connectivity index (χ0) is 18.8. The predicted octanol–water partition coefficient (Wildman–Crippen LogP) is 3.24. The van der Waals surface area contributed by atoms with Crippen molar-refractivity contribution in [1.29, 1.82) is 0 Å². The highest BCUT2D eigenvalue weighted by Gasteiger charge is 2.18. The molecule has 0 spiro atoms. The number of aryl methyl sites for hydroxylation is 1. The minimum atomic E-state index is -0.216. The van der Waals surface area contributed by atoms with Gasteiger partial charge in [0.1, 0.15) is 0 Å². The Morgan fingerprint density at radius 3 is 2.65 bits per heavy atom. The molecular formula is C19H21ClN4O2. The monoisotopic (exact) mass is 372 g/mol. The van der Waals surface area contributed by atoms with Crippen molar-refractivity contribution in [1.82, 2.24) is 19.7 Å². The maximum absolute atomic E-state index is 12.6. The standard InChI is InChI=1S/C19H21ClN4O2/c1-11(2)15-6-5-14(19(26)21-15)18-22-17(8-9-25)23-24(18)16-7-4-13(20)10-12(16)3/h4-7,10-11,25H,8-9H2,1-3H3,(H,21,26). The largest absolute Gasteiger partial charge is 0.396 e. The fraction of sp³-hybridized carbons (Fsp3) is 0.316. The molecule has 0 radical (unpaired) electrons. The number of hydrogen-bond acceptors (Lipinski definition) is 4. The summed E-state index contributed by atoms with van der Waals surface area (Å²) in [4.78, 5) is 20.0. The van der Waals surface area contributed by atoms with Gasteiger partial charge in [0, 0.05) is 17.1 Å². The van der Waals surface area contributed by atoms with Crippen molar-refractivity contribution < 1.29 is 5.11 Å². The Morgan fingerprint density at radius 2 is 2.04 bits per heavy atom. The average molecular weight is 373 g/mol. The first kappa shape index (κ1) is 18.4. The van der Waals surface area contributed by atoms with Gasteiger partial charge in [0.2, 0.25) is 0 Å². The number of rotatable bonds is 5. The fourth-order valence-corrected chi connectivity index (χ4v) is 2.99. The van der Waals surface area contributed by atoms with Crippen molar-refractivity contribution in [2.75, 3.05) is 6.61 Å². The summed E-state index contributed by atoms with van der Waals surface area (Å²) in [5.74, 6) is 1.14. The quantitative estimate of drug-likeness (QED) is 0.720. The summed E-state index contributed by atoms with van der Waals surface area (Å²) in [7, 11) is 0. The lowest BCUT2D eigenvalue weighted by molar-refractivity contribution is 0.296. The molecule has 3 rings (SSSR count). The lowest BCUT2D eigenvalue weighted by Crippen LogP contribution is -2.14. The molecule has 0 aliphatic carbocycles. The Balaban J connectivity index is 2.19. The van der Waals surface area contributed by atoms with Crippen molar-refractivity contribution in [2.45, 2.75) is 33.1 Å². The molecule has 2 aromatic heterocycles. The smallest absolute Gasteiger partial charge is 0.259 e. The number of aliphatic hydroxyl groups excluding tert-OH is 1. The maximum Gasteiger partial charge on any atom is 0.259 e. The Labute approximate surface area is 156 Å². The van der Waals surface area contributed by atoms with Gasteiger partial charge >= 0.3 is 0 Å². The number of benzene rings is 1. The summed E-state index contributed by atoms with van der Waals surface area (Å²) >= 11 is 6.06. The number of nitrogens with one attached hydrogen (secondary N) is 1. The van der Waals surface area contributed by atoms with Crippen LogP contribution in [0.5, 0.6) is 0 Å². The number of aromatic amines is 1. The second-order valence-corrected chi connectivity index (χ2v) is 6.92. The van der Waals surface area contributed by atoms with Crippen LogP contribution in [0.4, 0.5) is 0 Å². The Bertz CT molecular complexity index is 991. The predicted molar refractivity (Wildman–Crippen MR) is 102 cm³/mol. The van der Waals surface area contributed by atoms with E-state index in [1.165, 1.54) is 0 Å². The molecule has 0 saturated carbocycles. The first-order valence-electron chi connectivity index (χ1n) is 8.47. The topological polar surface area (TPSA) is 83.8 Å². The first-order valence-corrected chi connectivity index (χ1v) is 8.85. The van der Waals surface area contributed by atoms with Gasteiger partial charge in [0.05, 0.1) is 17.9 Å². The lowest BCUT2D eigenvalue weighted by atomic mass is 10.1. The number of pyridine rings is 1. The second-order valence-electron chi connectivity index (χ2n) is 6.48. The summed E-state index contributed by atoms with van der Waals surface area (Å²) in [6.07, 6.45) is 0.314. The number of halogens is 1. The first-order chi connectivity index (χ1) is 12.4. The highest BCUT2D eigenvalue weighted by Crippen LogP contribution is 2.24. The van der Waals surface area contributed by atoms with Crippen LogP contribution in [0.25, 0.3) is 17.1 Å². The number of nitrogens with zero attached hydrogens (tertiary/aromatic N) is 3. The SMILES string of the molecule is Cc1cc(Cl)ccc1-n1nc(CCO)nc1-c1ccc(C(C)C)[nH]c1=O. The minimum Gasteiger partial charge on any atom is -0.396 e. The highest BCUT2D eigenvalue weighted by atomic mass is 35.5. The zero-order valence-electron chi connectivity index (χ0n) is 15.0. The van der Waals surface area contributed by atoms with Crippen LogP contribution in [-0.2, 0) is 6.42 Å². The van der Waals surface area contributed by atoms with Crippen molar-refractivity contribution in [3.63, 3.8) is 0 Å². The molecule has 0 atom stereocenters. The Hall–Kier alpha value is -2.44. The molecule has 0 unspecified atom stereocenters. The van der Waals surface area contributed by atoms with E-state index in [0.29, 0.717) is 28.7 Å². The van der Waals surface area contributed by atoms with Crippen molar-refractivity contribution >= 4 is 11.6 Å². The molecule has 0 fully saturated rings. The fourth-order valence-electron chi connectivity index (χ4n) is 2.76. The number of H-pyrrole nitrogens is 1. The molecule has 0 bridgehead atoms. The third kappa shape index (κ3) is 3.57. The van der Waals surface area contributed by atoms with Crippen LogP contribution in [0.15, 0.2) is 35.1 Å². The molecular weight excluding hydrogens is 352 g/mol. The Kier molecular flexibility index (Phi) is 5.25. The second kappa shape index (κ2) is 7.43. The van der Waals surface area contributed by atoms with Crippen LogP contribution in [0.1, 0.15) is 36.8 Å². The molecule has 2 N–H and O–H groups in total. The van der Waals surface area contributed by atoms with Crippen LogP contribution in [-0.4, -0.2) is 31.5 Å². The minimum absolute atomic E-state index is 0.0638. The molecule has 3 aromatic rings. The van der Waals surface area contributed by atoms with Gasteiger partial charge in [-0.3, -0.25) is 4.79 Å². The maximum atomic E-state index is 12.6. The van der Waals surface area contributed by atoms with Crippen LogP contribution in [0.2, 0.25) is 5.02 Å². The van der Waals surface area contributed by atoms with E-state index in [0.717, 1.165) is 16.9 Å². The molecule has 0 amide bonds. The molecule has 136 valence electrons. The molecule has 0 saturated heterocycles. The summed E-state index contributed by atoms with van der Waals surface area (Å²) in [5.41, 5.74) is 2.78. The molecule has 26 heavy (non-hydrogen) atoms. The number of aliphatic hydroxyl groups is 1. The highest BCUT2D eigenvalue weighted by molar-refractivity contribution is 6.30. The molecule has 0 aliphatic rings. The van der Waals surface area contributed by atoms with Gasteiger partial charge in [0.15, 0.2) is 11.6 Å². The van der Waals surface area contributed by atoms with E-state index in [9.17, 15) is 9.90 Å². The molecule has 1 aromatic carbocycles. The summed E-state index contributed by atoms with van der Waals surface area (Å²) < 4.78 is 1.64. The van der Waals surface area contributed by atoms with Crippen LogP contribution in [0.3, 0.4) is 0 Å². The third-order valence-corrected chi connectivity index (χ3v) is 4.40. The third-order valence-electron chi connectivity index (χ3n) is 4.17. The number of hydrogen-bond donors (Lipinski definition) is 2. The normalized spacial score (nSPS) is 11.3. The van der Waals surface area contributed by atoms with Crippen molar-refractivity contribution in [3.05, 3.63) is 62.8 Å². The van der Waals surface area contributed by atoms with Gasteiger partial charge < -0.3 is 10.1 Å². The number of aromatic nitrogens is 4. The van der Waals surface area contributed by atoms with Crippen molar-refractivity contribution in [3.8, 4) is 17.1 Å². The van der Waals surface area contributed by atoms with Gasteiger partial charge in [-0.1, -0.05) is 25.4 Å². The van der Waals surface area contributed by atoms with Crippen LogP contribution in [0, 0.1) is 6.92 Å².